The van der Waals surface area contributed by atoms with Crippen molar-refractivity contribution in [3.8, 4) is 0 Å². The highest BCUT2D eigenvalue weighted by atomic mass is 16.2. The van der Waals surface area contributed by atoms with Gasteiger partial charge in [-0.05, 0) is 17.7 Å². The van der Waals surface area contributed by atoms with Gasteiger partial charge in [0.1, 0.15) is 5.71 Å². The van der Waals surface area contributed by atoms with Crippen LogP contribution in [-0.4, -0.2) is 30.5 Å². The Balaban J connectivity index is 1.95. The Labute approximate surface area is 121 Å². The van der Waals surface area contributed by atoms with Crippen molar-refractivity contribution in [3.63, 3.8) is 0 Å². The van der Waals surface area contributed by atoms with Gasteiger partial charge < -0.3 is 10.6 Å². The molecular formula is C14H16N4O3. The molecule has 1 heterocycles. The van der Waals surface area contributed by atoms with Crippen LogP contribution in [0.2, 0.25) is 0 Å². The first kappa shape index (κ1) is 14.7. The predicted octanol–water partition coefficient (Wildman–Crippen LogP) is 0.180. The molecule has 0 spiro atoms. The zero-order chi connectivity index (χ0) is 15.2. The summed E-state index contributed by atoms with van der Waals surface area (Å²) in [7, 11) is 1.58. The monoisotopic (exact) mass is 288 g/mol. The molecule has 1 aliphatic heterocycles. The fourth-order valence-corrected chi connectivity index (χ4v) is 1.82. The molecule has 110 valence electrons. The number of carbonyl (C=O) groups is 3. The molecule has 1 aromatic rings. The van der Waals surface area contributed by atoms with E-state index in [0.717, 1.165) is 5.56 Å². The second kappa shape index (κ2) is 6.65. The van der Waals surface area contributed by atoms with Gasteiger partial charge in [-0.2, -0.15) is 5.10 Å². The third kappa shape index (κ3) is 4.13. The number of nitrogens with zero attached hydrogens (tertiary/aromatic N) is 1. The molecule has 0 aliphatic carbocycles. The highest BCUT2D eigenvalue weighted by Gasteiger charge is 2.18. The number of anilines is 1. The second-order valence-corrected chi connectivity index (χ2v) is 4.59. The molecular weight excluding hydrogens is 272 g/mol. The quantitative estimate of drug-likeness (QED) is 0.737. The fourth-order valence-electron chi connectivity index (χ4n) is 1.82. The van der Waals surface area contributed by atoms with Gasteiger partial charge in [0.05, 0.1) is 6.42 Å². The van der Waals surface area contributed by atoms with Crippen LogP contribution in [0.4, 0.5) is 5.69 Å². The summed E-state index contributed by atoms with van der Waals surface area (Å²) in [6.07, 6.45) is 0.882. The van der Waals surface area contributed by atoms with Crippen LogP contribution in [0.3, 0.4) is 0 Å². The lowest BCUT2D eigenvalue weighted by molar-refractivity contribution is -0.121. The molecule has 0 unspecified atom stereocenters. The van der Waals surface area contributed by atoms with Crippen molar-refractivity contribution in [2.75, 3.05) is 12.4 Å². The number of benzene rings is 1. The van der Waals surface area contributed by atoms with E-state index in [4.69, 9.17) is 0 Å². The van der Waals surface area contributed by atoms with Crippen molar-refractivity contribution in [2.24, 2.45) is 5.10 Å². The molecule has 21 heavy (non-hydrogen) atoms. The summed E-state index contributed by atoms with van der Waals surface area (Å²) < 4.78 is 0. The minimum absolute atomic E-state index is 0.0703. The fraction of sp³-hybridized carbons (Fsp3) is 0.286. The van der Waals surface area contributed by atoms with E-state index in [1.54, 1.807) is 31.3 Å². The molecule has 1 aromatic carbocycles. The molecule has 7 nitrogen and oxygen atoms in total. The van der Waals surface area contributed by atoms with Crippen molar-refractivity contribution in [1.29, 1.82) is 0 Å². The van der Waals surface area contributed by atoms with Crippen LogP contribution in [0, 0.1) is 0 Å². The number of hydrazone groups is 1. The van der Waals surface area contributed by atoms with Gasteiger partial charge in [0.2, 0.25) is 11.8 Å². The molecule has 0 saturated carbocycles. The highest BCUT2D eigenvalue weighted by molar-refractivity contribution is 6.43. The summed E-state index contributed by atoms with van der Waals surface area (Å²) in [5.41, 5.74) is 4.04. The van der Waals surface area contributed by atoms with Crippen molar-refractivity contribution in [1.82, 2.24) is 10.7 Å². The topological polar surface area (TPSA) is 99.7 Å². The van der Waals surface area contributed by atoms with Crippen molar-refractivity contribution >= 4 is 29.1 Å². The van der Waals surface area contributed by atoms with Gasteiger partial charge in [0.25, 0.3) is 5.91 Å². The van der Waals surface area contributed by atoms with Crippen LogP contribution in [0.1, 0.15) is 18.4 Å². The third-order valence-corrected chi connectivity index (χ3v) is 3.02. The molecule has 0 aromatic heterocycles. The van der Waals surface area contributed by atoms with Gasteiger partial charge in [-0.25, -0.2) is 5.43 Å². The Bertz CT molecular complexity index is 593. The second-order valence-electron chi connectivity index (χ2n) is 4.59. The summed E-state index contributed by atoms with van der Waals surface area (Å²) in [5.74, 6) is -0.599. The van der Waals surface area contributed by atoms with Crippen LogP contribution >= 0.6 is 0 Å². The smallest absolute Gasteiger partial charge is 0.271 e. The standard InChI is InChI=1S/C14H16N4O3/c1-15-13(20)8-9-2-4-10(5-3-9)16-14(21)11-6-7-12(19)18-17-11/h2-5H,6-8H2,1H3,(H,15,20)(H,16,21)(H,18,19). The van der Waals surface area contributed by atoms with E-state index in [1.807, 2.05) is 0 Å². The van der Waals surface area contributed by atoms with E-state index in [9.17, 15) is 14.4 Å². The Hall–Kier alpha value is -2.70. The van der Waals surface area contributed by atoms with Gasteiger partial charge in [0, 0.05) is 25.6 Å². The van der Waals surface area contributed by atoms with Gasteiger partial charge >= 0.3 is 0 Å². The minimum Gasteiger partial charge on any atom is -0.359 e. The molecule has 3 amide bonds. The molecule has 0 saturated heterocycles. The third-order valence-electron chi connectivity index (χ3n) is 3.02. The number of likely N-dealkylation sites (N-methyl/N-ethyl adjacent to an activating group) is 1. The van der Waals surface area contributed by atoms with Crippen LogP contribution in [0.25, 0.3) is 0 Å². The van der Waals surface area contributed by atoms with Gasteiger partial charge in [-0.3, -0.25) is 14.4 Å². The summed E-state index contributed by atoms with van der Waals surface area (Å²) in [4.78, 5) is 34.1. The molecule has 3 N–H and O–H groups in total. The number of hydrogen-bond acceptors (Lipinski definition) is 4. The maximum atomic E-state index is 11.9. The van der Waals surface area contributed by atoms with Crippen molar-refractivity contribution < 1.29 is 14.4 Å². The zero-order valence-corrected chi connectivity index (χ0v) is 11.6. The van der Waals surface area contributed by atoms with Crippen molar-refractivity contribution in [2.45, 2.75) is 19.3 Å². The lowest BCUT2D eigenvalue weighted by Gasteiger charge is -2.12. The van der Waals surface area contributed by atoms with Gasteiger partial charge in [-0.15, -0.1) is 0 Å². The molecule has 7 heteroatoms. The predicted molar refractivity (Wildman–Crippen MR) is 77.7 cm³/mol. The lowest BCUT2D eigenvalue weighted by atomic mass is 10.1. The number of carbonyl (C=O) groups excluding carboxylic acids is 3. The number of rotatable bonds is 4. The first-order valence-electron chi connectivity index (χ1n) is 6.55. The van der Waals surface area contributed by atoms with E-state index in [2.05, 4.69) is 21.2 Å². The maximum Gasteiger partial charge on any atom is 0.271 e. The van der Waals surface area contributed by atoms with E-state index < -0.39 is 0 Å². The molecule has 0 atom stereocenters. The molecule has 2 rings (SSSR count). The Morgan fingerprint density at radius 3 is 2.52 bits per heavy atom. The SMILES string of the molecule is CNC(=O)Cc1ccc(NC(=O)C2=NNC(=O)CC2)cc1. The first-order chi connectivity index (χ1) is 10.1. The first-order valence-corrected chi connectivity index (χ1v) is 6.55. The van der Waals surface area contributed by atoms with Gasteiger partial charge in [0.15, 0.2) is 0 Å². The van der Waals surface area contributed by atoms with Crippen LogP contribution in [0.5, 0.6) is 0 Å². The summed E-state index contributed by atoms with van der Waals surface area (Å²) in [6, 6.07) is 6.99. The van der Waals surface area contributed by atoms with Crippen LogP contribution < -0.4 is 16.1 Å². The number of hydrogen-bond donors (Lipinski definition) is 3. The summed E-state index contributed by atoms with van der Waals surface area (Å²) in [6.45, 7) is 0. The minimum atomic E-state index is -0.339. The molecule has 0 radical (unpaired) electrons. The van der Waals surface area contributed by atoms with E-state index in [0.29, 0.717) is 24.2 Å². The summed E-state index contributed by atoms with van der Waals surface area (Å²) >= 11 is 0. The molecule has 0 bridgehead atoms. The van der Waals surface area contributed by atoms with E-state index in [1.165, 1.54) is 0 Å². The average molecular weight is 288 g/mol. The number of nitrogens with one attached hydrogen (secondary N) is 3. The zero-order valence-electron chi connectivity index (χ0n) is 11.6. The largest absolute Gasteiger partial charge is 0.359 e. The summed E-state index contributed by atoms with van der Waals surface area (Å²) in [5, 5.41) is 8.97. The highest BCUT2D eigenvalue weighted by Crippen LogP contribution is 2.11. The molecule has 0 fully saturated rings. The number of amides is 3. The van der Waals surface area contributed by atoms with Crippen LogP contribution in [-0.2, 0) is 20.8 Å². The average Bonchev–Trinajstić information content (AvgIpc) is 2.49. The van der Waals surface area contributed by atoms with Crippen LogP contribution in [0.15, 0.2) is 29.4 Å². The van der Waals surface area contributed by atoms with E-state index in [-0.39, 0.29) is 24.1 Å². The maximum absolute atomic E-state index is 11.9. The van der Waals surface area contributed by atoms with Gasteiger partial charge in [-0.1, -0.05) is 12.1 Å². The Morgan fingerprint density at radius 2 is 1.95 bits per heavy atom. The Morgan fingerprint density at radius 1 is 1.24 bits per heavy atom. The van der Waals surface area contributed by atoms with Crippen molar-refractivity contribution in [3.05, 3.63) is 29.8 Å². The van der Waals surface area contributed by atoms with E-state index >= 15 is 0 Å². The Kier molecular flexibility index (Phi) is 4.65. The normalized spacial score (nSPS) is 14.0. The lowest BCUT2D eigenvalue weighted by Crippen LogP contribution is -2.32. The molecule has 1 aliphatic rings.